The van der Waals surface area contributed by atoms with Crippen molar-refractivity contribution in [1.29, 1.82) is 0 Å². The first kappa shape index (κ1) is 14.9. The zero-order valence-electron chi connectivity index (χ0n) is 10.3. The molecule has 3 nitrogen and oxygen atoms in total. The third kappa shape index (κ3) is 8.88. The summed E-state index contributed by atoms with van der Waals surface area (Å²) in [5.74, 6) is 0.674. The van der Waals surface area contributed by atoms with Gasteiger partial charge in [0.05, 0.1) is 11.5 Å². The summed E-state index contributed by atoms with van der Waals surface area (Å²) >= 11 is 0. The number of rotatable bonds is 3. The van der Waals surface area contributed by atoms with E-state index in [1.807, 2.05) is 11.9 Å². The first-order valence-corrected chi connectivity index (χ1v) is 7.73. The molecule has 0 spiro atoms. The summed E-state index contributed by atoms with van der Waals surface area (Å²) in [6.45, 7) is 5.86. The number of sulfone groups is 1. The minimum atomic E-state index is -2.66. The zero-order chi connectivity index (χ0) is 11.7. The molecule has 0 N–H and O–H groups in total. The first-order valence-electron chi connectivity index (χ1n) is 5.90. The highest BCUT2D eigenvalue weighted by Crippen LogP contribution is 1.99. The summed E-state index contributed by atoms with van der Waals surface area (Å²) < 4.78 is 21.5. The molecule has 1 heterocycles. The lowest BCUT2D eigenvalue weighted by Gasteiger charge is -2.21. The molecule has 0 radical (unpaired) electrons. The predicted molar refractivity (Wildman–Crippen MR) is 66.0 cm³/mol. The maximum atomic E-state index is 10.8. The van der Waals surface area contributed by atoms with Crippen molar-refractivity contribution in [2.24, 2.45) is 0 Å². The van der Waals surface area contributed by atoms with E-state index in [1.54, 1.807) is 0 Å². The van der Waals surface area contributed by atoms with E-state index in [0.29, 0.717) is 24.6 Å². The summed E-state index contributed by atoms with van der Waals surface area (Å²) in [6, 6.07) is 0. The third-order valence-corrected chi connectivity index (χ3v) is 4.13. The molecule has 0 bridgehead atoms. The fourth-order valence-corrected chi connectivity index (χ4v) is 2.69. The molecule has 0 unspecified atom stereocenters. The van der Waals surface area contributed by atoms with E-state index in [0.717, 1.165) is 0 Å². The fraction of sp³-hybridized carbons (Fsp3) is 1.00. The van der Waals surface area contributed by atoms with Gasteiger partial charge in [0.25, 0.3) is 0 Å². The predicted octanol–water partition coefficient (Wildman–Crippen LogP) is 1.93. The van der Waals surface area contributed by atoms with E-state index in [-0.39, 0.29) is 0 Å². The van der Waals surface area contributed by atoms with Crippen molar-refractivity contribution in [2.75, 3.05) is 31.6 Å². The molecule has 0 aromatic carbocycles. The van der Waals surface area contributed by atoms with E-state index in [4.69, 9.17) is 0 Å². The average Bonchev–Trinajstić information content (AvgIpc) is 2.21. The Hall–Kier alpha value is -0.0900. The van der Waals surface area contributed by atoms with Crippen LogP contribution in [-0.2, 0) is 9.84 Å². The molecular weight excluding hydrogens is 210 g/mol. The Morgan fingerprint density at radius 2 is 1.40 bits per heavy atom. The normalized spacial score (nSPS) is 20.5. The van der Waals surface area contributed by atoms with Gasteiger partial charge in [-0.15, -0.1) is 0 Å². The van der Waals surface area contributed by atoms with Gasteiger partial charge in [-0.2, -0.15) is 0 Å². The summed E-state index contributed by atoms with van der Waals surface area (Å²) in [7, 11) is -0.718. The van der Waals surface area contributed by atoms with Crippen LogP contribution in [0.2, 0.25) is 0 Å². The van der Waals surface area contributed by atoms with Crippen LogP contribution >= 0.6 is 0 Å². The van der Waals surface area contributed by atoms with E-state index >= 15 is 0 Å². The lowest BCUT2D eigenvalue weighted by Crippen LogP contribution is -2.37. The van der Waals surface area contributed by atoms with Crippen LogP contribution in [0.4, 0.5) is 0 Å². The van der Waals surface area contributed by atoms with Gasteiger partial charge in [-0.25, -0.2) is 8.42 Å². The molecule has 0 saturated carbocycles. The monoisotopic (exact) mass is 235 g/mol. The van der Waals surface area contributed by atoms with Crippen molar-refractivity contribution in [3.63, 3.8) is 0 Å². The summed E-state index contributed by atoms with van der Waals surface area (Å²) in [5, 5.41) is 0. The molecule has 0 aromatic rings. The Bertz CT molecular complexity index is 219. The molecule has 1 saturated heterocycles. The van der Waals surface area contributed by atoms with Crippen molar-refractivity contribution in [1.82, 2.24) is 4.90 Å². The Morgan fingerprint density at radius 3 is 1.67 bits per heavy atom. The second kappa shape index (κ2) is 8.11. The second-order valence-corrected chi connectivity index (χ2v) is 6.47. The second-order valence-electron chi connectivity index (χ2n) is 4.16. The van der Waals surface area contributed by atoms with Crippen LogP contribution < -0.4 is 0 Å². The molecule has 1 aliphatic heterocycles. The highest BCUT2D eigenvalue weighted by molar-refractivity contribution is 7.91. The van der Waals surface area contributed by atoms with Crippen LogP contribution in [0, 0.1) is 0 Å². The number of nitrogens with zero attached hydrogens (tertiary/aromatic N) is 1. The van der Waals surface area contributed by atoms with Crippen molar-refractivity contribution in [2.45, 2.75) is 39.5 Å². The van der Waals surface area contributed by atoms with Crippen molar-refractivity contribution in [3.8, 4) is 0 Å². The summed E-state index contributed by atoms with van der Waals surface area (Å²) in [4.78, 5) is 2.03. The molecule has 0 atom stereocenters. The molecule has 4 heteroatoms. The van der Waals surface area contributed by atoms with Crippen LogP contribution in [0.3, 0.4) is 0 Å². The van der Waals surface area contributed by atoms with E-state index in [9.17, 15) is 8.42 Å². The maximum Gasteiger partial charge on any atom is 0.152 e. The number of unbranched alkanes of at least 4 members (excludes halogenated alkanes) is 3. The van der Waals surface area contributed by atoms with Gasteiger partial charge in [0.2, 0.25) is 0 Å². The SMILES string of the molecule is CCCCCC.CN1CCS(=O)(=O)CC1. The highest BCUT2D eigenvalue weighted by Gasteiger charge is 2.17. The molecule has 15 heavy (non-hydrogen) atoms. The third-order valence-electron chi connectivity index (χ3n) is 2.53. The number of hydrogen-bond acceptors (Lipinski definition) is 3. The zero-order valence-corrected chi connectivity index (χ0v) is 11.1. The quantitative estimate of drug-likeness (QED) is 0.702. The van der Waals surface area contributed by atoms with Crippen LogP contribution in [0.15, 0.2) is 0 Å². The van der Waals surface area contributed by atoms with Crippen molar-refractivity contribution < 1.29 is 8.42 Å². The Morgan fingerprint density at radius 1 is 1.00 bits per heavy atom. The molecule has 0 aromatic heterocycles. The van der Waals surface area contributed by atoms with E-state index < -0.39 is 9.84 Å². The van der Waals surface area contributed by atoms with Gasteiger partial charge in [0.15, 0.2) is 9.84 Å². The Balaban J connectivity index is 0.000000288. The Labute approximate surface area is 94.8 Å². The van der Waals surface area contributed by atoms with Gasteiger partial charge >= 0.3 is 0 Å². The smallest absolute Gasteiger partial charge is 0.152 e. The van der Waals surface area contributed by atoms with Crippen LogP contribution in [0.5, 0.6) is 0 Å². The Kier molecular flexibility index (Phi) is 8.06. The topological polar surface area (TPSA) is 37.4 Å². The minimum absolute atomic E-state index is 0.337. The van der Waals surface area contributed by atoms with Crippen LogP contribution in [-0.4, -0.2) is 45.0 Å². The van der Waals surface area contributed by atoms with Gasteiger partial charge in [-0.05, 0) is 7.05 Å². The molecule has 1 fully saturated rings. The molecule has 0 aliphatic carbocycles. The van der Waals surface area contributed by atoms with Gasteiger partial charge in [-0.1, -0.05) is 39.5 Å². The largest absolute Gasteiger partial charge is 0.304 e. The van der Waals surface area contributed by atoms with Gasteiger partial charge in [0, 0.05) is 13.1 Å². The van der Waals surface area contributed by atoms with Gasteiger partial charge in [-0.3, -0.25) is 0 Å². The highest BCUT2D eigenvalue weighted by atomic mass is 32.2. The molecule has 1 rings (SSSR count). The molecular formula is C11H25NO2S. The summed E-state index contributed by atoms with van der Waals surface area (Å²) in [6.07, 6.45) is 5.54. The van der Waals surface area contributed by atoms with E-state index in [2.05, 4.69) is 13.8 Å². The molecule has 92 valence electrons. The first-order chi connectivity index (χ1) is 7.02. The average molecular weight is 235 g/mol. The van der Waals surface area contributed by atoms with Gasteiger partial charge < -0.3 is 4.90 Å². The fourth-order valence-electron chi connectivity index (χ4n) is 1.30. The number of hydrogen-bond donors (Lipinski definition) is 0. The van der Waals surface area contributed by atoms with Crippen molar-refractivity contribution >= 4 is 9.84 Å². The van der Waals surface area contributed by atoms with Gasteiger partial charge in [0.1, 0.15) is 0 Å². The maximum absolute atomic E-state index is 10.8. The van der Waals surface area contributed by atoms with E-state index in [1.165, 1.54) is 25.7 Å². The minimum Gasteiger partial charge on any atom is -0.304 e. The standard InChI is InChI=1S/C6H14.C5H11NO2S/c1-3-5-6-4-2;1-6-2-4-9(7,8)5-3-6/h3-6H2,1-2H3;2-5H2,1H3. The van der Waals surface area contributed by atoms with Crippen LogP contribution in [0.25, 0.3) is 0 Å². The molecule has 0 amide bonds. The summed E-state index contributed by atoms with van der Waals surface area (Å²) in [5.41, 5.74) is 0. The van der Waals surface area contributed by atoms with Crippen LogP contribution in [0.1, 0.15) is 39.5 Å². The van der Waals surface area contributed by atoms with Crippen molar-refractivity contribution in [3.05, 3.63) is 0 Å². The lowest BCUT2D eigenvalue weighted by atomic mass is 10.2. The molecule has 1 aliphatic rings. The lowest BCUT2D eigenvalue weighted by molar-refractivity contribution is 0.360.